The van der Waals surface area contributed by atoms with Crippen molar-refractivity contribution in [3.63, 3.8) is 0 Å². The number of Topliss-reactive ketones (excluding diaryl/α,β-unsaturated/α-hetero) is 1. The fraction of sp³-hybridized carbons (Fsp3) is 0.500. The molecule has 0 aromatic heterocycles. The van der Waals surface area contributed by atoms with Gasteiger partial charge in [-0.1, -0.05) is 29.4 Å². The number of hydrogen-bond acceptors (Lipinski definition) is 3. The summed E-state index contributed by atoms with van der Waals surface area (Å²) in [6, 6.07) is 6.73. The molecule has 0 N–H and O–H groups in total. The van der Waals surface area contributed by atoms with E-state index in [2.05, 4.69) is 29.0 Å². The summed E-state index contributed by atoms with van der Waals surface area (Å²) in [5, 5.41) is 3.49. The van der Waals surface area contributed by atoms with Gasteiger partial charge in [-0.15, -0.1) is 0 Å². The largest absolute Gasteiger partial charge is 0.321 e. The molecule has 0 atom stereocenters. The second kappa shape index (κ2) is 7.05. The molecule has 1 rings (SSSR count). The molecular formula is C14H22N5O+. The summed E-state index contributed by atoms with van der Waals surface area (Å²) in [4.78, 5) is 17.1. The number of hydrogen-bond donors (Lipinski definition) is 0. The van der Waals surface area contributed by atoms with Gasteiger partial charge in [-0.3, -0.25) is 4.79 Å². The van der Waals surface area contributed by atoms with E-state index in [0.29, 0.717) is 22.3 Å². The Kier molecular flexibility index (Phi) is 5.70. The van der Waals surface area contributed by atoms with Gasteiger partial charge in [0.15, 0.2) is 0 Å². The van der Waals surface area contributed by atoms with E-state index in [9.17, 15) is 4.79 Å². The molecule has 0 aliphatic heterocycles. The average Bonchev–Trinajstić information content (AvgIpc) is 2.37. The third-order valence-electron chi connectivity index (χ3n) is 3.07. The number of nitrogens with zero attached hydrogens (tertiary/aromatic N) is 5. The highest BCUT2D eigenvalue weighted by Gasteiger charge is 2.21. The van der Waals surface area contributed by atoms with Crippen LogP contribution < -0.4 is 0 Å². The molecule has 6 nitrogen and oxygen atoms in total. The van der Waals surface area contributed by atoms with Gasteiger partial charge in [0.25, 0.3) is 0 Å². The number of rotatable bonds is 7. The molecule has 0 saturated heterocycles. The first kappa shape index (κ1) is 16.2. The van der Waals surface area contributed by atoms with Crippen molar-refractivity contribution in [1.29, 1.82) is 0 Å². The summed E-state index contributed by atoms with van der Waals surface area (Å²) >= 11 is 0. The summed E-state index contributed by atoms with van der Waals surface area (Å²) in [5.41, 5.74) is 9.51. The van der Waals surface area contributed by atoms with Crippen LogP contribution in [0.25, 0.3) is 10.4 Å². The second-order valence-electron chi connectivity index (χ2n) is 5.78. The number of ketones is 1. The zero-order valence-corrected chi connectivity index (χ0v) is 12.6. The van der Waals surface area contributed by atoms with Crippen molar-refractivity contribution in [3.8, 4) is 0 Å². The molecule has 0 aliphatic carbocycles. The summed E-state index contributed by atoms with van der Waals surface area (Å²) in [6.07, 6.45) is 0. The molecule has 0 spiro atoms. The van der Waals surface area contributed by atoms with Gasteiger partial charge < -0.3 is 9.38 Å². The lowest BCUT2D eigenvalue weighted by atomic mass is 10.1. The fourth-order valence-electron chi connectivity index (χ4n) is 1.80. The van der Waals surface area contributed by atoms with E-state index in [-0.39, 0.29) is 5.78 Å². The lowest BCUT2D eigenvalue weighted by molar-refractivity contribution is -0.881. The standard InChI is InChI=1S/C14H22N5O/c1-18(2)9-10-19(3,4)11-14(20)12-5-7-13(8-6-12)16-17-15/h5-8H,9-11H2,1-4H3/q+1. The van der Waals surface area contributed by atoms with Gasteiger partial charge in [0.1, 0.15) is 6.54 Å². The van der Waals surface area contributed by atoms with Gasteiger partial charge in [0, 0.05) is 22.7 Å². The Balaban J connectivity index is 2.67. The molecule has 0 saturated carbocycles. The minimum atomic E-state index is 0.0984. The van der Waals surface area contributed by atoms with Crippen LogP contribution in [0.5, 0.6) is 0 Å². The zero-order valence-electron chi connectivity index (χ0n) is 12.6. The van der Waals surface area contributed by atoms with Crippen molar-refractivity contribution < 1.29 is 9.28 Å². The SMILES string of the molecule is CN(C)CC[N+](C)(C)CC(=O)c1ccc(N=[N+]=[N-])cc1. The van der Waals surface area contributed by atoms with E-state index < -0.39 is 0 Å². The van der Waals surface area contributed by atoms with Crippen molar-refractivity contribution >= 4 is 11.5 Å². The van der Waals surface area contributed by atoms with Gasteiger partial charge in [-0.25, -0.2) is 0 Å². The van der Waals surface area contributed by atoms with Crippen molar-refractivity contribution in [3.05, 3.63) is 40.3 Å². The summed E-state index contributed by atoms with van der Waals surface area (Å²) in [6.45, 7) is 2.31. The predicted molar refractivity (Wildman–Crippen MR) is 80.0 cm³/mol. The third kappa shape index (κ3) is 5.40. The van der Waals surface area contributed by atoms with Crippen LogP contribution in [0.3, 0.4) is 0 Å². The summed E-state index contributed by atoms with van der Waals surface area (Å²) in [5.74, 6) is 0.0984. The maximum atomic E-state index is 12.2. The smallest absolute Gasteiger partial charge is 0.216 e. The van der Waals surface area contributed by atoms with E-state index >= 15 is 0 Å². The van der Waals surface area contributed by atoms with Gasteiger partial charge in [0.2, 0.25) is 5.78 Å². The Morgan fingerprint density at radius 3 is 2.40 bits per heavy atom. The molecule has 6 heteroatoms. The molecule has 1 aromatic carbocycles. The highest BCUT2D eigenvalue weighted by atomic mass is 16.1. The first-order chi connectivity index (χ1) is 9.34. The van der Waals surface area contributed by atoms with Crippen LogP contribution in [0.4, 0.5) is 5.69 Å². The van der Waals surface area contributed by atoms with Gasteiger partial charge in [-0.05, 0) is 19.6 Å². The molecule has 0 fully saturated rings. The van der Waals surface area contributed by atoms with Gasteiger partial charge in [0.05, 0.1) is 20.6 Å². The summed E-state index contributed by atoms with van der Waals surface area (Å²) < 4.78 is 0.648. The third-order valence-corrected chi connectivity index (χ3v) is 3.07. The number of likely N-dealkylation sites (N-methyl/N-ethyl adjacent to an activating group) is 2. The van der Waals surface area contributed by atoms with Crippen LogP contribution >= 0.6 is 0 Å². The molecule has 108 valence electrons. The van der Waals surface area contributed by atoms with Crippen LogP contribution in [0.1, 0.15) is 10.4 Å². The molecule has 0 radical (unpaired) electrons. The molecule has 0 heterocycles. The normalized spacial score (nSPS) is 11.2. The van der Waals surface area contributed by atoms with Gasteiger partial charge >= 0.3 is 0 Å². The van der Waals surface area contributed by atoms with Crippen LogP contribution in [0.2, 0.25) is 0 Å². The zero-order chi connectivity index (χ0) is 15.2. The molecular weight excluding hydrogens is 254 g/mol. The minimum absolute atomic E-state index is 0.0984. The summed E-state index contributed by atoms with van der Waals surface area (Å²) in [7, 11) is 8.15. The molecule has 20 heavy (non-hydrogen) atoms. The minimum Gasteiger partial charge on any atom is -0.321 e. The molecule has 0 unspecified atom stereocenters. The number of azide groups is 1. The predicted octanol–water partition coefficient (Wildman–Crippen LogP) is 2.45. The fourth-order valence-corrected chi connectivity index (χ4v) is 1.80. The Morgan fingerprint density at radius 2 is 1.90 bits per heavy atom. The lowest BCUT2D eigenvalue weighted by Gasteiger charge is -2.30. The number of carbonyl (C=O) groups is 1. The first-order valence-electron chi connectivity index (χ1n) is 6.49. The maximum Gasteiger partial charge on any atom is 0.216 e. The van der Waals surface area contributed by atoms with Crippen LogP contribution in [-0.4, -0.2) is 63.0 Å². The lowest BCUT2D eigenvalue weighted by Crippen LogP contribution is -2.47. The van der Waals surface area contributed by atoms with Crippen LogP contribution in [0.15, 0.2) is 29.4 Å². The molecule has 0 bridgehead atoms. The Hall–Kier alpha value is -1.88. The molecule has 0 aliphatic rings. The maximum absolute atomic E-state index is 12.2. The van der Waals surface area contributed by atoms with E-state index in [1.54, 1.807) is 24.3 Å². The number of benzene rings is 1. The van der Waals surface area contributed by atoms with Crippen molar-refractivity contribution in [2.45, 2.75) is 0 Å². The molecule has 0 amide bonds. The quantitative estimate of drug-likeness (QED) is 0.252. The number of carbonyl (C=O) groups excluding carboxylic acids is 1. The Morgan fingerprint density at radius 1 is 1.30 bits per heavy atom. The van der Waals surface area contributed by atoms with E-state index in [0.717, 1.165) is 13.1 Å². The topological polar surface area (TPSA) is 69.1 Å². The van der Waals surface area contributed by atoms with Crippen molar-refractivity contribution in [1.82, 2.24) is 4.90 Å². The Labute approximate surface area is 119 Å². The number of quaternary nitrogens is 1. The van der Waals surface area contributed by atoms with Crippen LogP contribution in [0, 0.1) is 0 Å². The monoisotopic (exact) mass is 276 g/mol. The van der Waals surface area contributed by atoms with E-state index in [4.69, 9.17) is 5.53 Å². The first-order valence-corrected chi connectivity index (χ1v) is 6.49. The second-order valence-corrected chi connectivity index (χ2v) is 5.78. The van der Waals surface area contributed by atoms with Crippen molar-refractivity contribution in [2.24, 2.45) is 5.11 Å². The van der Waals surface area contributed by atoms with Crippen molar-refractivity contribution in [2.75, 3.05) is 47.8 Å². The average molecular weight is 276 g/mol. The Bertz CT molecular complexity index is 501. The van der Waals surface area contributed by atoms with Crippen LogP contribution in [-0.2, 0) is 0 Å². The molecule has 1 aromatic rings. The van der Waals surface area contributed by atoms with E-state index in [1.165, 1.54) is 0 Å². The van der Waals surface area contributed by atoms with E-state index in [1.807, 2.05) is 14.1 Å². The highest BCUT2D eigenvalue weighted by Crippen LogP contribution is 2.14. The van der Waals surface area contributed by atoms with Gasteiger partial charge in [-0.2, -0.15) is 0 Å². The highest BCUT2D eigenvalue weighted by molar-refractivity contribution is 5.97.